The van der Waals surface area contributed by atoms with Crippen molar-refractivity contribution in [1.82, 2.24) is 19.7 Å². The predicted octanol–water partition coefficient (Wildman–Crippen LogP) is 1.86. The van der Waals surface area contributed by atoms with Crippen LogP contribution in [0.3, 0.4) is 0 Å². The topological polar surface area (TPSA) is 34.8 Å². The average Bonchev–Trinajstić information content (AvgIpc) is 2.86. The molecule has 2 heterocycles. The van der Waals surface area contributed by atoms with Gasteiger partial charge in [-0.25, -0.2) is 0 Å². The van der Waals surface area contributed by atoms with Gasteiger partial charge in [0.1, 0.15) is 0 Å². The Morgan fingerprint density at radius 1 is 1.47 bits per heavy atom. The highest BCUT2D eigenvalue weighted by atomic mass is 15.3. The van der Waals surface area contributed by atoms with Crippen molar-refractivity contribution in [3.8, 4) is 0 Å². The quantitative estimate of drug-likeness (QED) is 0.873. The van der Waals surface area contributed by atoms with E-state index in [1.54, 1.807) is 0 Å². The van der Waals surface area contributed by atoms with E-state index in [9.17, 15) is 0 Å². The first kappa shape index (κ1) is 11.9. The molecule has 4 heteroatoms. The molecule has 1 atom stereocenters. The first-order valence-corrected chi connectivity index (χ1v) is 5.92. The summed E-state index contributed by atoms with van der Waals surface area (Å²) in [6.07, 6.45) is 4.30. The van der Waals surface area contributed by atoms with Gasteiger partial charge in [-0.2, -0.15) is 5.10 Å². The Morgan fingerprint density at radius 3 is 2.82 bits per heavy atom. The van der Waals surface area contributed by atoms with Crippen LogP contribution in [0, 0.1) is 6.92 Å². The second-order valence-corrected chi connectivity index (χ2v) is 4.53. The van der Waals surface area contributed by atoms with Crippen molar-refractivity contribution in [2.24, 2.45) is 7.05 Å². The predicted molar refractivity (Wildman–Crippen MR) is 69.0 cm³/mol. The van der Waals surface area contributed by atoms with E-state index in [-0.39, 0.29) is 0 Å². The van der Waals surface area contributed by atoms with Gasteiger partial charge in [-0.1, -0.05) is 0 Å². The molecule has 0 bridgehead atoms. The minimum absolute atomic E-state index is 0.393. The molecule has 1 unspecified atom stereocenters. The first-order chi connectivity index (χ1) is 8.10. The summed E-state index contributed by atoms with van der Waals surface area (Å²) in [5.74, 6) is 0. The Labute approximate surface area is 102 Å². The summed E-state index contributed by atoms with van der Waals surface area (Å²) in [5, 5.41) is 7.60. The van der Waals surface area contributed by atoms with Crippen molar-refractivity contribution in [2.75, 3.05) is 7.05 Å². The first-order valence-electron chi connectivity index (χ1n) is 5.92. The van der Waals surface area contributed by atoms with Crippen molar-refractivity contribution < 1.29 is 0 Å². The zero-order valence-electron chi connectivity index (χ0n) is 10.9. The van der Waals surface area contributed by atoms with Crippen LogP contribution in [0.5, 0.6) is 0 Å². The molecule has 0 spiro atoms. The van der Waals surface area contributed by atoms with Crippen molar-refractivity contribution in [3.63, 3.8) is 0 Å². The van der Waals surface area contributed by atoms with Crippen LogP contribution in [0.4, 0.5) is 0 Å². The second-order valence-electron chi connectivity index (χ2n) is 4.53. The number of hydrogen-bond donors (Lipinski definition) is 1. The monoisotopic (exact) mass is 232 g/mol. The summed E-state index contributed by atoms with van der Waals surface area (Å²) in [4.78, 5) is 0. The van der Waals surface area contributed by atoms with Crippen molar-refractivity contribution >= 4 is 0 Å². The molecule has 0 saturated carbocycles. The fraction of sp³-hybridized carbons (Fsp3) is 0.462. The Balaban J connectivity index is 2.14. The highest BCUT2D eigenvalue weighted by Crippen LogP contribution is 2.13. The molecule has 0 aliphatic rings. The summed E-state index contributed by atoms with van der Waals surface area (Å²) in [5.41, 5.74) is 3.60. The molecule has 17 heavy (non-hydrogen) atoms. The van der Waals surface area contributed by atoms with Gasteiger partial charge in [0, 0.05) is 25.5 Å². The average molecular weight is 232 g/mol. The van der Waals surface area contributed by atoms with E-state index in [0.717, 1.165) is 12.2 Å². The van der Waals surface area contributed by atoms with E-state index in [1.807, 2.05) is 25.7 Å². The van der Waals surface area contributed by atoms with E-state index in [4.69, 9.17) is 0 Å². The molecule has 0 radical (unpaired) electrons. The third kappa shape index (κ3) is 2.58. The van der Waals surface area contributed by atoms with Gasteiger partial charge in [0.25, 0.3) is 0 Å². The standard InChI is InChI=1S/C13H20N4/c1-10-7-13(16(4)15-10)9-17-6-5-12(8-17)11(2)14-3/h5-8,11,14H,9H2,1-4H3. The lowest BCUT2D eigenvalue weighted by Gasteiger charge is -2.07. The largest absolute Gasteiger partial charge is 0.348 e. The zero-order valence-corrected chi connectivity index (χ0v) is 10.9. The highest BCUT2D eigenvalue weighted by molar-refractivity contribution is 5.16. The van der Waals surface area contributed by atoms with Gasteiger partial charge >= 0.3 is 0 Å². The molecule has 4 nitrogen and oxygen atoms in total. The third-order valence-corrected chi connectivity index (χ3v) is 3.15. The molecule has 0 saturated heterocycles. The van der Waals surface area contributed by atoms with Crippen LogP contribution in [-0.2, 0) is 13.6 Å². The van der Waals surface area contributed by atoms with Crippen molar-refractivity contribution in [1.29, 1.82) is 0 Å². The molecule has 0 aliphatic heterocycles. The second kappa shape index (κ2) is 4.75. The maximum atomic E-state index is 4.36. The number of nitrogens with zero attached hydrogens (tertiary/aromatic N) is 3. The van der Waals surface area contributed by atoms with Gasteiger partial charge < -0.3 is 9.88 Å². The molecular weight excluding hydrogens is 212 g/mol. The van der Waals surface area contributed by atoms with Crippen LogP contribution in [0.1, 0.15) is 29.9 Å². The number of hydrogen-bond acceptors (Lipinski definition) is 2. The van der Waals surface area contributed by atoms with E-state index in [0.29, 0.717) is 6.04 Å². The van der Waals surface area contributed by atoms with Gasteiger partial charge in [0.2, 0.25) is 0 Å². The molecule has 92 valence electrons. The number of aryl methyl sites for hydroxylation is 2. The van der Waals surface area contributed by atoms with Gasteiger partial charge in [0.15, 0.2) is 0 Å². The number of nitrogens with one attached hydrogen (secondary N) is 1. The molecule has 1 N–H and O–H groups in total. The Kier molecular flexibility index (Phi) is 3.33. The molecule has 2 aromatic rings. The van der Waals surface area contributed by atoms with Gasteiger partial charge in [-0.15, -0.1) is 0 Å². The maximum Gasteiger partial charge on any atom is 0.0639 e. The van der Waals surface area contributed by atoms with Crippen LogP contribution in [0.15, 0.2) is 24.5 Å². The Hall–Kier alpha value is -1.55. The molecular formula is C13H20N4. The molecule has 0 aliphatic carbocycles. The smallest absolute Gasteiger partial charge is 0.0639 e. The number of rotatable bonds is 4. The van der Waals surface area contributed by atoms with Crippen LogP contribution in [0.25, 0.3) is 0 Å². The Bertz CT molecular complexity index is 495. The molecule has 0 aromatic carbocycles. The van der Waals surface area contributed by atoms with Crippen molar-refractivity contribution in [2.45, 2.75) is 26.4 Å². The normalized spacial score (nSPS) is 12.9. The fourth-order valence-electron chi connectivity index (χ4n) is 1.98. The molecule has 2 rings (SSSR count). The van der Waals surface area contributed by atoms with Gasteiger partial charge in [-0.3, -0.25) is 4.68 Å². The lowest BCUT2D eigenvalue weighted by molar-refractivity contribution is 0.641. The van der Waals surface area contributed by atoms with E-state index in [1.165, 1.54) is 11.3 Å². The molecule has 0 fully saturated rings. The van der Waals surface area contributed by atoms with E-state index < -0.39 is 0 Å². The van der Waals surface area contributed by atoms with Gasteiger partial charge in [-0.05, 0) is 38.6 Å². The lowest BCUT2D eigenvalue weighted by Crippen LogP contribution is -2.11. The fourth-order valence-corrected chi connectivity index (χ4v) is 1.98. The summed E-state index contributed by atoms with van der Waals surface area (Å²) >= 11 is 0. The molecule has 2 aromatic heterocycles. The van der Waals surface area contributed by atoms with Crippen LogP contribution in [-0.4, -0.2) is 21.4 Å². The minimum Gasteiger partial charge on any atom is -0.348 e. The Morgan fingerprint density at radius 2 is 2.24 bits per heavy atom. The minimum atomic E-state index is 0.393. The zero-order chi connectivity index (χ0) is 12.4. The van der Waals surface area contributed by atoms with Gasteiger partial charge in [0.05, 0.1) is 17.9 Å². The summed E-state index contributed by atoms with van der Waals surface area (Å²) in [6.45, 7) is 5.05. The lowest BCUT2D eigenvalue weighted by atomic mass is 10.2. The van der Waals surface area contributed by atoms with E-state index >= 15 is 0 Å². The molecule has 0 amide bonds. The summed E-state index contributed by atoms with van der Waals surface area (Å²) < 4.78 is 4.14. The van der Waals surface area contributed by atoms with Crippen molar-refractivity contribution in [3.05, 3.63) is 41.5 Å². The van der Waals surface area contributed by atoms with Crippen LogP contribution in [0.2, 0.25) is 0 Å². The van der Waals surface area contributed by atoms with Crippen LogP contribution < -0.4 is 5.32 Å². The van der Waals surface area contributed by atoms with Crippen LogP contribution >= 0.6 is 0 Å². The SMILES string of the molecule is CNC(C)c1ccn(Cc2cc(C)nn2C)c1. The maximum absolute atomic E-state index is 4.36. The third-order valence-electron chi connectivity index (χ3n) is 3.15. The van der Waals surface area contributed by atoms with E-state index in [2.05, 4.69) is 46.4 Å². The summed E-state index contributed by atoms with van der Waals surface area (Å²) in [7, 11) is 3.97. The summed E-state index contributed by atoms with van der Waals surface area (Å²) in [6, 6.07) is 4.68. The number of aromatic nitrogens is 3. The highest BCUT2D eigenvalue weighted by Gasteiger charge is 2.06.